The number of fused-ring (bicyclic) bond motifs is 1. The van der Waals surface area contributed by atoms with Gasteiger partial charge in [0, 0.05) is 29.4 Å². The van der Waals surface area contributed by atoms with Crippen molar-refractivity contribution >= 4 is 49.7 Å². The lowest BCUT2D eigenvalue weighted by Gasteiger charge is -2.39. The topological polar surface area (TPSA) is 93.1 Å². The van der Waals surface area contributed by atoms with E-state index in [1.165, 1.54) is 11.3 Å². The maximum atomic E-state index is 12.9. The van der Waals surface area contributed by atoms with Gasteiger partial charge in [0.2, 0.25) is 5.91 Å². The number of aromatic nitrogens is 4. The molecule has 0 saturated carbocycles. The standard InChI is InChI=1S/C17H20B2N6O2S/c1-10-21-24-15(28-10)11-2-3-13-12(8-11)9-14(23-22-13)20-16(26)17(18,19)25-4-6-27-7-5-25/h2-3,8-9H,4-7,18-19H2,1H3,(H,20,23,26). The molecule has 3 aromatic rings. The fourth-order valence-corrected chi connectivity index (χ4v) is 3.88. The van der Waals surface area contributed by atoms with Gasteiger partial charge in [-0.25, -0.2) is 0 Å². The zero-order chi connectivity index (χ0) is 19.7. The van der Waals surface area contributed by atoms with Gasteiger partial charge in [0.05, 0.1) is 18.7 Å². The minimum Gasteiger partial charge on any atom is -0.379 e. The molecule has 3 heterocycles. The Morgan fingerprint density at radius 1 is 1.18 bits per heavy atom. The van der Waals surface area contributed by atoms with E-state index in [1.807, 2.05) is 46.9 Å². The molecule has 0 aliphatic carbocycles. The first kappa shape index (κ1) is 19.0. The number of hydrogen-bond acceptors (Lipinski definition) is 8. The van der Waals surface area contributed by atoms with E-state index in [1.54, 1.807) is 0 Å². The average molecular weight is 394 g/mol. The third-order valence-electron chi connectivity index (χ3n) is 4.96. The summed E-state index contributed by atoms with van der Waals surface area (Å²) in [6.45, 7) is 4.67. The Morgan fingerprint density at radius 3 is 2.68 bits per heavy atom. The molecule has 0 bridgehead atoms. The Morgan fingerprint density at radius 2 is 1.96 bits per heavy atom. The molecule has 8 nitrogen and oxygen atoms in total. The first-order valence-electron chi connectivity index (χ1n) is 9.16. The molecule has 0 atom stereocenters. The molecule has 28 heavy (non-hydrogen) atoms. The average Bonchev–Trinajstić information content (AvgIpc) is 3.14. The van der Waals surface area contributed by atoms with E-state index >= 15 is 0 Å². The SMILES string of the molecule is BC(B)(C(=O)Nc1cc2cc(-c3nnc(C)s3)ccc2nn1)N1CCOCC1. The minimum absolute atomic E-state index is 0.112. The van der Waals surface area contributed by atoms with E-state index in [0.717, 1.165) is 39.6 Å². The number of nitrogens with one attached hydrogen (secondary N) is 1. The molecular formula is C17H20B2N6O2S. The van der Waals surface area contributed by atoms with Crippen molar-refractivity contribution in [3.8, 4) is 10.6 Å². The summed E-state index contributed by atoms with van der Waals surface area (Å²) < 4.78 is 5.39. The number of amides is 1. The second kappa shape index (κ2) is 7.57. The molecule has 1 aromatic carbocycles. The van der Waals surface area contributed by atoms with Gasteiger partial charge in [-0.3, -0.25) is 9.69 Å². The Labute approximate surface area is 168 Å². The number of morpholine rings is 1. The summed E-state index contributed by atoms with van der Waals surface area (Å²) in [6, 6.07) is 7.69. The van der Waals surface area contributed by atoms with Gasteiger partial charge in [0.15, 0.2) is 5.82 Å². The quantitative estimate of drug-likeness (QED) is 0.605. The van der Waals surface area contributed by atoms with Crippen LogP contribution in [0.3, 0.4) is 0 Å². The molecule has 142 valence electrons. The number of rotatable bonds is 4. The van der Waals surface area contributed by atoms with Gasteiger partial charge in [-0.2, -0.15) is 0 Å². The lowest BCUT2D eigenvalue weighted by atomic mass is 9.60. The second-order valence-corrected chi connectivity index (χ2v) is 8.42. The Kier molecular flexibility index (Phi) is 5.13. The van der Waals surface area contributed by atoms with Crippen molar-refractivity contribution in [2.24, 2.45) is 0 Å². The highest BCUT2D eigenvalue weighted by Crippen LogP contribution is 2.27. The molecule has 0 unspecified atom stereocenters. The van der Waals surface area contributed by atoms with Crippen LogP contribution in [-0.4, -0.2) is 78.5 Å². The number of anilines is 1. The van der Waals surface area contributed by atoms with Crippen molar-refractivity contribution in [1.82, 2.24) is 25.3 Å². The first-order valence-corrected chi connectivity index (χ1v) is 9.97. The van der Waals surface area contributed by atoms with Crippen molar-refractivity contribution in [2.75, 3.05) is 31.6 Å². The van der Waals surface area contributed by atoms with Crippen LogP contribution >= 0.6 is 11.3 Å². The second-order valence-electron chi connectivity index (χ2n) is 7.24. The zero-order valence-corrected chi connectivity index (χ0v) is 16.9. The minimum atomic E-state index is -0.660. The summed E-state index contributed by atoms with van der Waals surface area (Å²) in [5.74, 6) is 0.323. The highest BCUT2D eigenvalue weighted by Gasteiger charge is 2.35. The van der Waals surface area contributed by atoms with Crippen LogP contribution in [0, 0.1) is 6.92 Å². The van der Waals surface area contributed by atoms with Crippen LogP contribution in [-0.2, 0) is 9.53 Å². The molecule has 1 saturated heterocycles. The van der Waals surface area contributed by atoms with E-state index < -0.39 is 5.34 Å². The maximum Gasteiger partial charge on any atom is 0.229 e. The largest absolute Gasteiger partial charge is 0.379 e. The van der Waals surface area contributed by atoms with Crippen LogP contribution < -0.4 is 5.32 Å². The number of ether oxygens (including phenoxy) is 1. The highest BCUT2D eigenvalue weighted by atomic mass is 32.1. The van der Waals surface area contributed by atoms with E-state index in [0.29, 0.717) is 19.0 Å². The molecule has 0 spiro atoms. The Bertz CT molecular complexity index is 1020. The smallest absolute Gasteiger partial charge is 0.229 e. The van der Waals surface area contributed by atoms with E-state index in [2.05, 4.69) is 30.6 Å². The van der Waals surface area contributed by atoms with E-state index in [9.17, 15) is 4.79 Å². The lowest BCUT2D eigenvalue weighted by Crippen LogP contribution is -2.61. The van der Waals surface area contributed by atoms with Gasteiger partial charge in [-0.05, 0) is 31.2 Å². The summed E-state index contributed by atoms with van der Waals surface area (Å²) in [5.41, 5.74) is 1.73. The highest BCUT2D eigenvalue weighted by molar-refractivity contribution is 7.14. The number of nitrogens with zero attached hydrogens (tertiary/aromatic N) is 5. The molecule has 1 N–H and O–H groups in total. The number of aryl methyl sites for hydroxylation is 1. The van der Waals surface area contributed by atoms with Gasteiger partial charge in [-0.15, -0.1) is 20.4 Å². The molecule has 1 aliphatic rings. The van der Waals surface area contributed by atoms with Crippen molar-refractivity contribution in [3.63, 3.8) is 0 Å². The molecular weight excluding hydrogens is 374 g/mol. The van der Waals surface area contributed by atoms with Gasteiger partial charge in [0.1, 0.15) is 25.7 Å². The lowest BCUT2D eigenvalue weighted by molar-refractivity contribution is -0.121. The molecule has 1 fully saturated rings. The van der Waals surface area contributed by atoms with Gasteiger partial charge < -0.3 is 10.1 Å². The number of hydrogen-bond donors (Lipinski definition) is 1. The molecule has 1 amide bonds. The maximum absolute atomic E-state index is 12.9. The fourth-order valence-electron chi connectivity index (χ4n) is 3.19. The summed E-state index contributed by atoms with van der Waals surface area (Å²) in [5, 5.41) is 21.6. The monoisotopic (exact) mass is 394 g/mol. The summed E-state index contributed by atoms with van der Waals surface area (Å²) >= 11 is 1.54. The number of carbonyl (C=O) groups excluding carboxylic acids is 1. The van der Waals surface area contributed by atoms with Crippen LogP contribution in [0.2, 0.25) is 0 Å². The first-order chi connectivity index (χ1) is 13.4. The number of carbonyl (C=O) groups is 1. The van der Waals surface area contributed by atoms with Gasteiger partial charge in [0.25, 0.3) is 0 Å². The normalized spacial score (nSPS) is 15.6. The summed E-state index contributed by atoms with van der Waals surface area (Å²) in [7, 11) is 3.83. The Hall–Kier alpha value is -2.36. The number of benzene rings is 1. The van der Waals surface area contributed by atoms with Crippen molar-refractivity contribution in [1.29, 1.82) is 0 Å². The van der Waals surface area contributed by atoms with Crippen LogP contribution in [0.15, 0.2) is 24.3 Å². The molecule has 4 rings (SSSR count). The van der Waals surface area contributed by atoms with Gasteiger partial charge >= 0.3 is 0 Å². The van der Waals surface area contributed by atoms with E-state index in [4.69, 9.17) is 4.74 Å². The molecule has 2 aromatic heterocycles. The third kappa shape index (κ3) is 3.78. The van der Waals surface area contributed by atoms with Crippen LogP contribution in [0.5, 0.6) is 0 Å². The third-order valence-corrected chi connectivity index (χ3v) is 5.84. The predicted octanol–water partition coefficient (Wildman–Crippen LogP) is -0.353. The van der Waals surface area contributed by atoms with Crippen molar-refractivity contribution in [3.05, 3.63) is 29.3 Å². The predicted molar refractivity (Wildman–Crippen MR) is 114 cm³/mol. The molecule has 11 heteroatoms. The van der Waals surface area contributed by atoms with Crippen LogP contribution in [0.1, 0.15) is 5.01 Å². The Balaban J connectivity index is 1.57. The van der Waals surface area contributed by atoms with Crippen LogP contribution in [0.4, 0.5) is 5.82 Å². The summed E-state index contributed by atoms with van der Waals surface area (Å²) in [4.78, 5) is 15.0. The van der Waals surface area contributed by atoms with Crippen LogP contribution in [0.25, 0.3) is 21.5 Å². The molecule has 0 radical (unpaired) electrons. The van der Waals surface area contributed by atoms with Crippen molar-refractivity contribution < 1.29 is 9.53 Å². The van der Waals surface area contributed by atoms with Crippen molar-refractivity contribution in [2.45, 2.75) is 12.3 Å². The van der Waals surface area contributed by atoms with Gasteiger partial charge in [-0.1, -0.05) is 11.3 Å². The zero-order valence-electron chi connectivity index (χ0n) is 16.1. The fraction of sp³-hybridized carbons (Fsp3) is 0.353. The van der Waals surface area contributed by atoms with E-state index in [-0.39, 0.29) is 5.91 Å². The summed E-state index contributed by atoms with van der Waals surface area (Å²) in [6.07, 6.45) is 0. The molecule has 1 aliphatic heterocycles.